The molecule has 0 spiro atoms. The summed E-state index contributed by atoms with van der Waals surface area (Å²) >= 11 is 1.64. The minimum absolute atomic E-state index is 0.0347. The van der Waals surface area contributed by atoms with E-state index in [0.29, 0.717) is 11.7 Å². The van der Waals surface area contributed by atoms with Gasteiger partial charge in [0.25, 0.3) is 0 Å². The van der Waals surface area contributed by atoms with E-state index < -0.39 is 0 Å². The third-order valence-electron chi connectivity index (χ3n) is 3.49. The molecule has 24 heavy (non-hydrogen) atoms. The fraction of sp³-hybridized carbons (Fsp3) is 0.611. The summed E-state index contributed by atoms with van der Waals surface area (Å²) in [5.74, 6) is 1.99. The van der Waals surface area contributed by atoms with Crippen LogP contribution in [-0.2, 0) is 11.2 Å². The average Bonchev–Trinajstić information content (AvgIpc) is 2.78. The van der Waals surface area contributed by atoms with Crippen LogP contribution in [0, 0.1) is 12.8 Å². The molecule has 2 heterocycles. The zero-order valence-electron chi connectivity index (χ0n) is 15.7. The number of hydrogen-bond acceptors (Lipinski definition) is 5. The van der Waals surface area contributed by atoms with Crippen molar-refractivity contribution in [3.05, 3.63) is 16.8 Å². The lowest BCUT2D eigenvalue weighted by atomic mass is 10.0. The van der Waals surface area contributed by atoms with Gasteiger partial charge in [-0.15, -0.1) is 11.3 Å². The molecular formula is C18H28N4OS. The fourth-order valence-electron chi connectivity index (χ4n) is 2.55. The van der Waals surface area contributed by atoms with Crippen LogP contribution in [0.2, 0.25) is 0 Å². The molecule has 2 N–H and O–H groups in total. The Morgan fingerprint density at radius 2 is 1.92 bits per heavy atom. The minimum atomic E-state index is -0.367. The second-order valence-corrected chi connectivity index (χ2v) is 8.62. The van der Waals surface area contributed by atoms with Crippen molar-refractivity contribution in [2.24, 2.45) is 5.92 Å². The second kappa shape index (κ2) is 7.05. The molecule has 1 unspecified atom stereocenters. The number of rotatable bonds is 5. The van der Waals surface area contributed by atoms with Crippen LogP contribution in [0.15, 0.2) is 5.38 Å². The van der Waals surface area contributed by atoms with Crippen LogP contribution in [0.1, 0.15) is 52.9 Å². The van der Waals surface area contributed by atoms with Gasteiger partial charge in [0, 0.05) is 5.54 Å². The van der Waals surface area contributed by atoms with E-state index >= 15 is 0 Å². The number of aryl methyl sites for hydroxylation is 1. The number of nitrogens with zero attached hydrogens (tertiary/aromatic N) is 2. The Labute approximate surface area is 148 Å². The van der Waals surface area contributed by atoms with E-state index in [-0.39, 0.29) is 17.5 Å². The Morgan fingerprint density at radius 3 is 2.50 bits per heavy atom. The SMILES string of the molecule is Cc1nc(NC(C)C(=O)NC(C)(C)C)c2c(CC(C)C)csc2n1. The van der Waals surface area contributed by atoms with Crippen LogP contribution in [0.5, 0.6) is 0 Å². The molecule has 6 heteroatoms. The highest BCUT2D eigenvalue weighted by molar-refractivity contribution is 7.17. The number of hydrogen-bond donors (Lipinski definition) is 2. The van der Waals surface area contributed by atoms with Gasteiger partial charge in [0.15, 0.2) is 0 Å². The highest BCUT2D eigenvalue weighted by Gasteiger charge is 2.21. The molecular weight excluding hydrogens is 320 g/mol. The van der Waals surface area contributed by atoms with Crippen LogP contribution < -0.4 is 10.6 Å². The number of carbonyl (C=O) groups is 1. The fourth-order valence-corrected chi connectivity index (χ4v) is 3.55. The quantitative estimate of drug-likeness (QED) is 0.859. The Morgan fingerprint density at radius 1 is 1.25 bits per heavy atom. The standard InChI is InChI=1S/C18H28N4OS/c1-10(2)8-13-9-24-17-14(13)15(20-12(4)21-17)19-11(3)16(23)22-18(5,6)7/h9-11H,8H2,1-7H3,(H,22,23)(H,19,20,21). The van der Waals surface area contributed by atoms with Crippen LogP contribution in [-0.4, -0.2) is 27.5 Å². The van der Waals surface area contributed by atoms with Gasteiger partial charge in [-0.1, -0.05) is 13.8 Å². The zero-order valence-corrected chi connectivity index (χ0v) is 16.5. The van der Waals surface area contributed by atoms with Crippen molar-refractivity contribution in [1.82, 2.24) is 15.3 Å². The molecule has 0 fully saturated rings. The summed E-state index contributed by atoms with van der Waals surface area (Å²) in [6, 6.07) is -0.367. The van der Waals surface area contributed by atoms with Gasteiger partial charge in [-0.2, -0.15) is 0 Å². The molecule has 132 valence electrons. The lowest BCUT2D eigenvalue weighted by molar-refractivity contribution is -0.122. The van der Waals surface area contributed by atoms with Crippen LogP contribution in [0.25, 0.3) is 10.2 Å². The average molecular weight is 349 g/mol. The molecule has 0 saturated carbocycles. The summed E-state index contributed by atoms with van der Waals surface area (Å²) in [6.07, 6.45) is 0.976. The first-order valence-electron chi connectivity index (χ1n) is 8.40. The lowest BCUT2D eigenvalue weighted by Crippen LogP contribution is -2.47. The van der Waals surface area contributed by atoms with Crippen molar-refractivity contribution < 1.29 is 4.79 Å². The monoisotopic (exact) mass is 348 g/mol. The van der Waals surface area contributed by atoms with Crippen LogP contribution in [0.3, 0.4) is 0 Å². The smallest absolute Gasteiger partial charge is 0.242 e. The molecule has 5 nitrogen and oxygen atoms in total. The van der Waals surface area contributed by atoms with Gasteiger partial charge in [0.1, 0.15) is 22.5 Å². The molecule has 0 aromatic carbocycles. The van der Waals surface area contributed by atoms with Gasteiger partial charge in [-0.3, -0.25) is 4.79 Å². The van der Waals surface area contributed by atoms with Gasteiger partial charge in [0.05, 0.1) is 5.39 Å². The van der Waals surface area contributed by atoms with Gasteiger partial charge in [-0.05, 0) is 57.9 Å². The third-order valence-corrected chi connectivity index (χ3v) is 4.42. The zero-order chi connectivity index (χ0) is 18.1. The predicted octanol–water partition coefficient (Wildman–Crippen LogP) is 3.91. The molecule has 0 saturated heterocycles. The van der Waals surface area contributed by atoms with Gasteiger partial charge < -0.3 is 10.6 Å². The summed E-state index contributed by atoms with van der Waals surface area (Å²) in [4.78, 5) is 22.5. The highest BCUT2D eigenvalue weighted by atomic mass is 32.1. The van der Waals surface area contributed by atoms with Gasteiger partial charge in [-0.25, -0.2) is 9.97 Å². The number of nitrogens with one attached hydrogen (secondary N) is 2. The molecule has 0 aliphatic carbocycles. The number of thiophene rings is 1. The number of fused-ring (bicyclic) bond motifs is 1. The predicted molar refractivity (Wildman–Crippen MR) is 102 cm³/mol. The Hall–Kier alpha value is -1.69. The Bertz CT molecular complexity index is 730. The van der Waals surface area contributed by atoms with Crippen molar-refractivity contribution in [2.75, 3.05) is 5.32 Å². The minimum Gasteiger partial charge on any atom is -0.358 e. The van der Waals surface area contributed by atoms with Crippen LogP contribution in [0.4, 0.5) is 5.82 Å². The van der Waals surface area contributed by atoms with E-state index in [1.807, 2.05) is 34.6 Å². The van der Waals surface area contributed by atoms with Crippen molar-refractivity contribution in [1.29, 1.82) is 0 Å². The first-order chi connectivity index (χ1) is 11.1. The summed E-state index contributed by atoms with van der Waals surface area (Å²) in [7, 11) is 0. The summed E-state index contributed by atoms with van der Waals surface area (Å²) in [5.41, 5.74) is 0.991. The summed E-state index contributed by atoms with van der Waals surface area (Å²) in [5, 5.41) is 9.50. The molecule has 1 atom stereocenters. The van der Waals surface area contributed by atoms with Gasteiger partial charge >= 0.3 is 0 Å². The third kappa shape index (κ3) is 4.66. The molecule has 0 radical (unpaired) electrons. The highest BCUT2D eigenvalue weighted by Crippen LogP contribution is 2.32. The number of anilines is 1. The Kier molecular flexibility index (Phi) is 5.48. The first-order valence-corrected chi connectivity index (χ1v) is 9.28. The van der Waals surface area contributed by atoms with Crippen molar-refractivity contribution in [2.45, 2.75) is 66.5 Å². The van der Waals surface area contributed by atoms with Crippen molar-refractivity contribution in [3.63, 3.8) is 0 Å². The molecule has 1 amide bonds. The topological polar surface area (TPSA) is 66.9 Å². The maximum absolute atomic E-state index is 12.4. The van der Waals surface area contributed by atoms with Crippen molar-refractivity contribution in [3.8, 4) is 0 Å². The molecule has 0 aliphatic heterocycles. The molecule has 2 rings (SSSR count). The summed E-state index contributed by atoms with van der Waals surface area (Å²) in [6.45, 7) is 14.1. The van der Waals surface area contributed by atoms with E-state index in [1.54, 1.807) is 11.3 Å². The van der Waals surface area contributed by atoms with Crippen LogP contribution >= 0.6 is 11.3 Å². The lowest BCUT2D eigenvalue weighted by Gasteiger charge is -2.24. The Balaban J connectivity index is 2.33. The largest absolute Gasteiger partial charge is 0.358 e. The maximum atomic E-state index is 12.4. The van der Waals surface area contributed by atoms with E-state index in [2.05, 4.69) is 39.8 Å². The molecule has 2 aromatic heterocycles. The molecule has 0 bridgehead atoms. The maximum Gasteiger partial charge on any atom is 0.242 e. The molecule has 0 aliphatic rings. The van der Waals surface area contributed by atoms with Crippen molar-refractivity contribution >= 4 is 33.3 Å². The number of aromatic nitrogens is 2. The normalized spacial score (nSPS) is 13.3. The van der Waals surface area contributed by atoms with E-state index in [1.165, 1.54) is 5.56 Å². The number of amides is 1. The number of carbonyl (C=O) groups excluding carboxylic acids is 1. The van der Waals surface area contributed by atoms with E-state index in [0.717, 1.165) is 22.5 Å². The molecule has 2 aromatic rings. The van der Waals surface area contributed by atoms with E-state index in [9.17, 15) is 4.79 Å². The van der Waals surface area contributed by atoms with E-state index in [4.69, 9.17) is 0 Å². The van der Waals surface area contributed by atoms with Gasteiger partial charge in [0.2, 0.25) is 5.91 Å². The summed E-state index contributed by atoms with van der Waals surface area (Å²) < 4.78 is 0. The second-order valence-electron chi connectivity index (χ2n) is 7.76. The first kappa shape index (κ1) is 18.6.